The van der Waals surface area contributed by atoms with E-state index in [1.54, 1.807) is 25.2 Å². The van der Waals surface area contributed by atoms with Gasteiger partial charge in [0, 0.05) is 25.2 Å². The topological polar surface area (TPSA) is 66.5 Å². The highest BCUT2D eigenvalue weighted by molar-refractivity contribution is 7.89. The van der Waals surface area contributed by atoms with Gasteiger partial charge in [0.15, 0.2) is 0 Å². The van der Waals surface area contributed by atoms with Crippen LogP contribution in [0.15, 0.2) is 29.2 Å². The number of amides is 1. The van der Waals surface area contributed by atoms with E-state index in [1.807, 2.05) is 6.92 Å². The molecular weight excluding hydrogens is 312 g/mol. The van der Waals surface area contributed by atoms with Crippen LogP contribution in [0.5, 0.6) is 0 Å². The Balaban J connectivity index is 2.20. The number of hydrogen-bond acceptors (Lipinski definition) is 3. The number of nitrogens with zero attached hydrogens (tertiary/aromatic N) is 1. The fourth-order valence-corrected chi connectivity index (χ4v) is 4.41. The molecule has 1 aliphatic rings. The van der Waals surface area contributed by atoms with Gasteiger partial charge in [-0.15, -0.1) is 0 Å². The molecule has 1 aliphatic carbocycles. The van der Waals surface area contributed by atoms with Crippen molar-refractivity contribution < 1.29 is 13.2 Å². The van der Waals surface area contributed by atoms with Crippen LogP contribution in [0.4, 0.5) is 0 Å². The highest BCUT2D eigenvalue weighted by Gasteiger charge is 2.29. The third kappa shape index (κ3) is 4.32. The summed E-state index contributed by atoms with van der Waals surface area (Å²) in [6, 6.07) is 6.36. The van der Waals surface area contributed by atoms with Crippen LogP contribution in [-0.2, 0) is 10.0 Å². The smallest absolute Gasteiger partial charge is 0.251 e. The normalized spacial score (nSPS) is 16.5. The molecule has 0 aliphatic heterocycles. The SMILES string of the molecule is CCCNC(=O)c1cccc(S(=O)(=O)N(C)C2CCCCC2)c1. The number of nitrogens with one attached hydrogen (secondary N) is 1. The molecule has 0 aromatic heterocycles. The van der Waals surface area contributed by atoms with E-state index >= 15 is 0 Å². The van der Waals surface area contributed by atoms with Crippen molar-refractivity contribution in [2.24, 2.45) is 0 Å². The third-order valence-electron chi connectivity index (χ3n) is 4.40. The molecule has 0 saturated heterocycles. The van der Waals surface area contributed by atoms with E-state index in [0.29, 0.717) is 12.1 Å². The maximum Gasteiger partial charge on any atom is 0.251 e. The molecule has 1 N–H and O–H groups in total. The highest BCUT2D eigenvalue weighted by atomic mass is 32.2. The summed E-state index contributed by atoms with van der Waals surface area (Å²) in [6.07, 6.45) is 5.98. The molecule has 1 saturated carbocycles. The van der Waals surface area contributed by atoms with Gasteiger partial charge < -0.3 is 5.32 Å². The molecule has 0 unspecified atom stereocenters. The van der Waals surface area contributed by atoms with Gasteiger partial charge >= 0.3 is 0 Å². The summed E-state index contributed by atoms with van der Waals surface area (Å²) in [4.78, 5) is 12.2. The van der Waals surface area contributed by atoms with Gasteiger partial charge in [0.2, 0.25) is 10.0 Å². The molecule has 1 fully saturated rings. The summed E-state index contributed by atoms with van der Waals surface area (Å²) >= 11 is 0. The van der Waals surface area contributed by atoms with E-state index in [2.05, 4.69) is 5.32 Å². The highest BCUT2D eigenvalue weighted by Crippen LogP contribution is 2.26. The van der Waals surface area contributed by atoms with Gasteiger partial charge in [-0.3, -0.25) is 4.79 Å². The lowest BCUT2D eigenvalue weighted by Gasteiger charge is -2.30. The van der Waals surface area contributed by atoms with Crippen molar-refractivity contribution in [1.82, 2.24) is 9.62 Å². The Morgan fingerprint density at radius 2 is 1.96 bits per heavy atom. The molecular formula is C17H26N2O3S. The second kappa shape index (κ2) is 7.93. The van der Waals surface area contributed by atoms with Crippen molar-refractivity contribution in [3.05, 3.63) is 29.8 Å². The monoisotopic (exact) mass is 338 g/mol. The van der Waals surface area contributed by atoms with E-state index in [-0.39, 0.29) is 16.8 Å². The molecule has 0 atom stereocenters. The molecule has 23 heavy (non-hydrogen) atoms. The van der Waals surface area contributed by atoms with Crippen LogP contribution in [0.1, 0.15) is 55.8 Å². The van der Waals surface area contributed by atoms with E-state index in [1.165, 1.54) is 16.8 Å². The zero-order valence-corrected chi connectivity index (χ0v) is 14.7. The largest absolute Gasteiger partial charge is 0.352 e. The van der Waals surface area contributed by atoms with Crippen molar-refractivity contribution in [2.45, 2.75) is 56.4 Å². The predicted octanol–water partition coefficient (Wildman–Crippen LogP) is 2.78. The van der Waals surface area contributed by atoms with Crippen molar-refractivity contribution in [1.29, 1.82) is 0 Å². The molecule has 1 amide bonds. The van der Waals surface area contributed by atoms with Crippen LogP contribution in [0, 0.1) is 0 Å². The Bertz CT molecular complexity index is 637. The summed E-state index contributed by atoms with van der Waals surface area (Å²) in [5.41, 5.74) is 0.386. The molecule has 128 valence electrons. The molecule has 1 aromatic rings. The second-order valence-electron chi connectivity index (χ2n) is 6.10. The van der Waals surface area contributed by atoms with Gasteiger partial charge in [0.05, 0.1) is 4.90 Å². The van der Waals surface area contributed by atoms with Gasteiger partial charge in [-0.1, -0.05) is 32.3 Å². The lowest BCUT2D eigenvalue weighted by Crippen LogP contribution is -2.38. The summed E-state index contributed by atoms with van der Waals surface area (Å²) in [5, 5.41) is 2.77. The first-order valence-electron chi connectivity index (χ1n) is 8.33. The van der Waals surface area contributed by atoms with Crippen molar-refractivity contribution in [3.8, 4) is 0 Å². The number of rotatable bonds is 6. The fraction of sp³-hybridized carbons (Fsp3) is 0.588. The Kier molecular flexibility index (Phi) is 6.18. The molecule has 0 spiro atoms. The molecule has 2 rings (SSSR count). The van der Waals surface area contributed by atoms with Crippen LogP contribution < -0.4 is 5.32 Å². The number of hydrogen-bond donors (Lipinski definition) is 1. The molecule has 6 heteroatoms. The van der Waals surface area contributed by atoms with E-state index < -0.39 is 10.0 Å². The zero-order chi connectivity index (χ0) is 16.9. The standard InChI is InChI=1S/C17H26N2O3S/c1-3-12-18-17(20)14-8-7-11-16(13-14)23(21,22)19(2)15-9-5-4-6-10-15/h7-8,11,13,15H,3-6,9-10,12H2,1-2H3,(H,18,20). The minimum atomic E-state index is -3.56. The maximum absolute atomic E-state index is 12.8. The van der Waals surface area contributed by atoms with Gasteiger partial charge in [0.25, 0.3) is 5.91 Å². The van der Waals surface area contributed by atoms with Gasteiger partial charge in [0.1, 0.15) is 0 Å². The summed E-state index contributed by atoms with van der Waals surface area (Å²) in [5.74, 6) is -0.232. The average Bonchev–Trinajstić information content (AvgIpc) is 2.59. The Morgan fingerprint density at radius 1 is 1.26 bits per heavy atom. The van der Waals surface area contributed by atoms with Crippen molar-refractivity contribution >= 4 is 15.9 Å². The number of carbonyl (C=O) groups excluding carboxylic acids is 1. The molecule has 5 nitrogen and oxygen atoms in total. The number of carbonyl (C=O) groups is 1. The van der Waals surface area contributed by atoms with Gasteiger partial charge in [-0.05, 0) is 37.5 Å². The lowest BCUT2D eigenvalue weighted by atomic mass is 9.96. The minimum Gasteiger partial charge on any atom is -0.352 e. The third-order valence-corrected chi connectivity index (χ3v) is 6.30. The quantitative estimate of drug-likeness (QED) is 0.867. The van der Waals surface area contributed by atoms with Gasteiger partial charge in [-0.25, -0.2) is 8.42 Å². The Labute approximate surface area is 139 Å². The summed E-state index contributed by atoms with van der Waals surface area (Å²) in [6.45, 7) is 2.55. The first kappa shape index (κ1) is 17.9. The second-order valence-corrected chi connectivity index (χ2v) is 8.09. The molecule has 0 radical (unpaired) electrons. The summed E-state index contributed by atoms with van der Waals surface area (Å²) < 4.78 is 27.1. The molecule has 0 bridgehead atoms. The van der Waals surface area contributed by atoms with E-state index in [0.717, 1.165) is 32.1 Å². The van der Waals surface area contributed by atoms with Crippen LogP contribution in [-0.4, -0.2) is 38.3 Å². The average molecular weight is 338 g/mol. The van der Waals surface area contributed by atoms with Crippen LogP contribution in [0.3, 0.4) is 0 Å². The number of benzene rings is 1. The van der Waals surface area contributed by atoms with Crippen molar-refractivity contribution in [2.75, 3.05) is 13.6 Å². The molecule has 0 heterocycles. The van der Waals surface area contributed by atoms with Crippen molar-refractivity contribution in [3.63, 3.8) is 0 Å². The Morgan fingerprint density at radius 3 is 2.61 bits per heavy atom. The zero-order valence-electron chi connectivity index (χ0n) is 13.9. The first-order valence-corrected chi connectivity index (χ1v) is 9.77. The predicted molar refractivity (Wildman–Crippen MR) is 90.9 cm³/mol. The molecule has 1 aromatic carbocycles. The van der Waals surface area contributed by atoms with E-state index in [9.17, 15) is 13.2 Å². The van der Waals surface area contributed by atoms with Crippen LogP contribution in [0.2, 0.25) is 0 Å². The number of sulfonamides is 1. The van der Waals surface area contributed by atoms with Crippen LogP contribution in [0.25, 0.3) is 0 Å². The first-order chi connectivity index (χ1) is 11.0. The minimum absolute atomic E-state index is 0.0614. The lowest BCUT2D eigenvalue weighted by molar-refractivity contribution is 0.0953. The van der Waals surface area contributed by atoms with Gasteiger partial charge in [-0.2, -0.15) is 4.31 Å². The van der Waals surface area contributed by atoms with E-state index in [4.69, 9.17) is 0 Å². The fourth-order valence-electron chi connectivity index (χ4n) is 2.95. The maximum atomic E-state index is 12.8. The van der Waals surface area contributed by atoms with Crippen LogP contribution >= 0.6 is 0 Å². The Hall–Kier alpha value is -1.40. The summed E-state index contributed by atoms with van der Waals surface area (Å²) in [7, 11) is -1.91.